The molecule has 0 unspecified atom stereocenters. The van der Waals surface area contributed by atoms with Crippen molar-refractivity contribution in [3.8, 4) is 0 Å². The van der Waals surface area contributed by atoms with Crippen molar-refractivity contribution in [1.82, 2.24) is 10.3 Å². The van der Waals surface area contributed by atoms with Crippen LogP contribution in [0.25, 0.3) is 10.9 Å². The Labute approximate surface area is 96.1 Å². The SMILES string of the molecule is CNCCN(C)c1cnc2ccccc2c1. The van der Waals surface area contributed by atoms with Gasteiger partial charge in [0, 0.05) is 25.5 Å². The molecule has 0 saturated carbocycles. The van der Waals surface area contributed by atoms with Gasteiger partial charge in [0.05, 0.1) is 17.4 Å². The van der Waals surface area contributed by atoms with Crippen LogP contribution in [0, 0.1) is 0 Å². The van der Waals surface area contributed by atoms with E-state index in [1.807, 2.05) is 31.4 Å². The van der Waals surface area contributed by atoms with Gasteiger partial charge in [-0.3, -0.25) is 4.98 Å². The summed E-state index contributed by atoms with van der Waals surface area (Å²) in [7, 11) is 4.05. The van der Waals surface area contributed by atoms with Crippen molar-refractivity contribution in [2.24, 2.45) is 0 Å². The largest absolute Gasteiger partial charge is 0.372 e. The maximum atomic E-state index is 4.45. The molecule has 0 saturated heterocycles. The van der Waals surface area contributed by atoms with E-state index in [4.69, 9.17) is 0 Å². The van der Waals surface area contributed by atoms with Crippen molar-refractivity contribution in [2.45, 2.75) is 0 Å². The lowest BCUT2D eigenvalue weighted by atomic mass is 10.2. The smallest absolute Gasteiger partial charge is 0.0703 e. The van der Waals surface area contributed by atoms with Gasteiger partial charge in [-0.1, -0.05) is 18.2 Å². The summed E-state index contributed by atoms with van der Waals surface area (Å²) in [4.78, 5) is 6.65. The molecule has 0 aliphatic heterocycles. The van der Waals surface area contributed by atoms with E-state index in [0.29, 0.717) is 0 Å². The van der Waals surface area contributed by atoms with E-state index < -0.39 is 0 Å². The Bertz CT molecular complexity index is 467. The molecule has 1 N–H and O–H groups in total. The minimum atomic E-state index is 0.976. The number of fused-ring (bicyclic) bond motifs is 1. The molecule has 1 heterocycles. The molecule has 1 aromatic heterocycles. The van der Waals surface area contributed by atoms with Crippen LogP contribution in [-0.2, 0) is 0 Å². The van der Waals surface area contributed by atoms with Crippen LogP contribution in [0.4, 0.5) is 5.69 Å². The first kappa shape index (κ1) is 10.9. The molecular formula is C13H17N3. The Hall–Kier alpha value is -1.61. The summed E-state index contributed by atoms with van der Waals surface area (Å²) < 4.78 is 0. The van der Waals surface area contributed by atoms with E-state index in [9.17, 15) is 0 Å². The summed E-state index contributed by atoms with van der Waals surface area (Å²) in [5.74, 6) is 0. The van der Waals surface area contributed by atoms with Gasteiger partial charge in [0.15, 0.2) is 0 Å². The summed E-state index contributed by atoms with van der Waals surface area (Å²) in [6.45, 7) is 1.96. The van der Waals surface area contributed by atoms with Crippen molar-refractivity contribution >= 4 is 16.6 Å². The van der Waals surface area contributed by atoms with Gasteiger partial charge in [0.2, 0.25) is 0 Å². The van der Waals surface area contributed by atoms with E-state index in [1.54, 1.807) is 0 Å². The number of rotatable bonds is 4. The van der Waals surface area contributed by atoms with Gasteiger partial charge in [-0.15, -0.1) is 0 Å². The second-order valence-electron chi connectivity index (χ2n) is 3.91. The number of nitrogens with one attached hydrogen (secondary N) is 1. The third-order valence-corrected chi connectivity index (χ3v) is 2.71. The molecular weight excluding hydrogens is 198 g/mol. The first-order valence-corrected chi connectivity index (χ1v) is 5.52. The first-order chi connectivity index (χ1) is 7.81. The van der Waals surface area contributed by atoms with Crippen LogP contribution < -0.4 is 10.2 Å². The molecule has 0 aliphatic rings. The van der Waals surface area contributed by atoms with Gasteiger partial charge < -0.3 is 10.2 Å². The number of hydrogen-bond acceptors (Lipinski definition) is 3. The predicted octanol–water partition coefficient (Wildman–Crippen LogP) is 1.89. The average Bonchev–Trinajstić information content (AvgIpc) is 2.35. The van der Waals surface area contributed by atoms with Gasteiger partial charge in [0.25, 0.3) is 0 Å². The summed E-state index contributed by atoms with van der Waals surface area (Å²) >= 11 is 0. The highest BCUT2D eigenvalue weighted by atomic mass is 15.1. The number of benzene rings is 1. The topological polar surface area (TPSA) is 28.2 Å². The molecule has 0 radical (unpaired) electrons. The Morgan fingerprint density at radius 3 is 2.94 bits per heavy atom. The Kier molecular flexibility index (Phi) is 3.37. The summed E-state index contributed by atoms with van der Waals surface area (Å²) in [6, 6.07) is 10.4. The molecule has 16 heavy (non-hydrogen) atoms. The fraction of sp³-hybridized carbons (Fsp3) is 0.308. The highest BCUT2D eigenvalue weighted by molar-refractivity contribution is 5.81. The summed E-state index contributed by atoms with van der Waals surface area (Å²) in [5.41, 5.74) is 2.21. The van der Waals surface area contributed by atoms with Crippen molar-refractivity contribution < 1.29 is 0 Å². The quantitative estimate of drug-likeness (QED) is 0.844. The zero-order chi connectivity index (χ0) is 11.4. The zero-order valence-corrected chi connectivity index (χ0v) is 9.77. The molecule has 0 bridgehead atoms. The summed E-state index contributed by atoms with van der Waals surface area (Å²) in [5, 5.41) is 4.33. The molecule has 84 valence electrons. The minimum absolute atomic E-state index is 0.976. The standard InChI is InChI=1S/C13H17N3/c1-14-7-8-16(2)12-9-11-5-3-4-6-13(11)15-10-12/h3-6,9-10,14H,7-8H2,1-2H3. The number of hydrogen-bond donors (Lipinski definition) is 1. The lowest BCUT2D eigenvalue weighted by Gasteiger charge is -2.18. The third kappa shape index (κ3) is 2.31. The van der Waals surface area contributed by atoms with Gasteiger partial charge in [-0.25, -0.2) is 0 Å². The fourth-order valence-electron chi connectivity index (χ4n) is 1.68. The average molecular weight is 215 g/mol. The lowest BCUT2D eigenvalue weighted by molar-refractivity contribution is 0.767. The van der Waals surface area contributed by atoms with Gasteiger partial charge in [-0.2, -0.15) is 0 Å². The van der Waals surface area contributed by atoms with Crippen LogP contribution in [0.3, 0.4) is 0 Å². The van der Waals surface area contributed by atoms with E-state index in [2.05, 4.69) is 34.4 Å². The van der Waals surface area contributed by atoms with Crippen molar-refractivity contribution in [3.05, 3.63) is 36.5 Å². The van der Waals surface area contributed by atoms with Gasteiger partial charge in [-0.05, 0) is 19.2 Å². The van der Waals surface area contributed by atoms with Gasteiger partial charge in [0.1, 0.15) is 0 Å². The highest BCUT2D eigenvalue weighted by Gasteiger charge is 2.01. The number of likely N-dealkylation sites (N-methyl/N-ethyl adjacent to an activating group) is 2. The Balaban J connectivity index is 2.25. The van der Waals surface area contributed by atoms with Crippen LogP contribution in [0.2, 0.25) is 0 Å². The number of aromatic nitrogens is 1. The third-order valence-electron chi connectivity index (χ3n) is 2.71. The molecule has 0 fully saturated rings. The number of pyridine rings is 1. The molecule has 2 aromatic rings. The molecule has 0 spiro atoms. The van der Waals surface area contributed by atoms with E-state index in [-0.39, 0.29) is 0 Å². The van der Waals surface area contributed by atoms with Crippen LogP contribution in [0.5, 0.6) is 0 Å². The Morgan fingerprint density at radius 2 is 2.12 bits per heavy atom. The molecule has 0 amide bonds. The second-order valence-corrected chi connectivity index (χ2v) is 3.91. The maximum Gasteiger partial charge on any atom is 0.0703 e. The van der Waals surface area contributed by atoms with Crippen LogP contribution in [0.15, 0.2) is 36.5 Å². The maximum absolute atomic E-state index is 4.45. The number of nitrogens with zero attached hydrogens (tertiary/aromatic N) is 2. The highest BCUT2D eigenvalue weighted by Crippen LogP contribution is 2.18. The van der Waals surface area contributed by atoms with Crippen LogP contribution >= 0.6 is 0 Å². The lowest BCUT2D eigenvalue weighted by Crippen LogP contribution is -2.27. The number of para-hydroxylation sites is 1. The molecule has 1 aromatic carbocycles. The van der Waals surface area contributed by atoms with E-state index in [0.717, 1.165) is 24.3 Å². The minimum Gasteiger partial charge on any atom is -0.372 e. The number of anilines is 1. The molecule has 3 heteroatoms. The normalized spacial score (nSPS) is 10.6. The van der Waals surface area contributed by atoms with E-state index >= 15 is 0 Å². The van der Waals surface area contributed by atoms with Crippen molar-refractivity contribution in [1.29, 1.82) is 0 Å². The van der Waals surface area contributed by atoms with Crippen molar-refractivity contribution in [3.63, 3.8) is 0 Å². The van der Waals surface area contributed by atoms with Crippen LogP contribution in [-0.4, -0.2) is 32.2 Å². The Morgan fingerprint density at radius 1 is 1.31 bits per heavy atom. The summed E-state index contributed by atoms with van der Waals surface area (Å²) in [6.07, 6.45) is 1.93. The zero-order valence-electron chi connectivity index (χ0n) is 9.77. The monoisotopic (exact) mass is 215 g/mol. The fourth-order valence-corrected chi connectivity index (χ4v) is 1.68. The van der Waals surface area contributed by atoms with Gasteiger partial charge >= 0.3 is 0 Å². The predicted molar refractivity (Wildman–Crippen MR) is 68.9 cm³/mol. The van der Waals surface area contributed by atoms with Crippen molar-refractivity contribution in [2.75, 3.05) is 32.1 Å². The second kappa shape index (κ2) is 4.94. The molecule has 2 rings (SSSR count). The molecule has 0 aliphatic carbocycles. The van der Waals surface area contributed by atoms with E-state index in [1.165, 1.54) is 5.39 Å². The first-order valence-electron chi connectivity index (χ1n) is 5.52. The molecule has 3 nitrogen and oxygen atoms in total. The van der Waals surface area contributed by atoms with Crippen LogP contribution in [0.1, 0.15) is 0 Å². The molecule has 0 atom stereocenters.